The van der Waals surface area contributed by atoms with Crippen molar-refractivity contribution in [2.24, 2.45) is 0 Å². The second-order valence-electron chi connectivity index (χ2n) is 6.54. The van der Waals surface area contributed by atoms with E-state index in [0.29, 0.717) is 6.54 Å². The molecule has 26 heavy (non-hydrogen) atoms. The molecule has 2 aromatic heterocycles. The first-order chi connectivity index (χ1) is 12.3. The van der Waals surface area contributed by atoms with E-state index in [-0.39, 0.29) is 12.5 Å². The summed E-state index contributed by atoms with van der Waals surface area (Å²) in [6.45, 7) is 5.47. The SMILES string of the molecule is Cc1cc(C)n(CC(=O)N(CCN(C)C)c2nc3ccc(Br)cc3s2)n1. The lowest BCUT2D eigenvalue weighted by Gasteiger charge is -2.22. The fourth-order valence-electron chi connectivity index (χ4n) is 2.68. The van der Waals surface area contributed by atoms with Gasteiger partial charge in [-0.2, -0.15) is 5.10 Å². The number of aryl methyl sites for hydroxylation is 2. The summed E-state index contributed by atoms with van der Waals surface area (Å²) >= 11 is 5.03. The van der Waals surface area contributed by atoms with Crippen LogP contribution in [0, 0.1) is 13.8 Å². The number of anilines is 1. The third-order valence-electron chi connectivity index (χ3n) is 4.03. The number of hydrogen-bond donors (Lipinski definition) is 0. The third-order valence-corrected chi connectivity index (χ3v) is 5.56. The lowest BCUT2D eigenvalue weighted by molar-refractivity contribution is -0.119. The molecule has 0 aliphatic rings. The molecule has 0 N–H and O–H groups in total. The van der Waals surface area contributed by atoms with E-state index < -0.39 is 0 Å². The highest BCUT2D eigenvalue weighted by molar-refractivity contribution is 9.10. The number of benzene rings is 1. The van der Waals surface area contributed by atoms with Gasteiger partial charge in [0.25, 0.3) is 5.91 Å². The molecule has 0 spiro atoms. The molecule has 0 aliphatic carbocycles. The Morgan fingerprint density at radius 3 is 2.65 bits per heavy atom. The van der Waals surface area contributed by atoms with Gasteiger partial charge in [-0.25, -0.2) is 4.98 Å². The van der Waals surface area contributed by atoms with Gasteiger partial charge in [0.05, 0.1) is 15.9 Å². The number of hydrogen-bond acceptors (Lipinski definition) is 5. The van der Waals surface area contributed by atoms with Gasteiger partial charge in [0.1, 0.15) is 6.54 Å². The van der Waals surface area contributed by atoms with E-state index in [1.54, 1.807) is 9.58 Å². The maximum atomic E-state index is 13.0. The summed E-state index contributed by atoms with van der Waals surface area (Å²) in [5.74, 6) is -0.00354. The van der Waals surface area contributed by atoms with Crippen LogP contribution >= 0.6 is 27.3 Å². The van der Waals surface area contributed by atoms with Gasteiger partial charge in [0, 0.05) is 23.3 Å². The average molecular weight is 436 g/mol. The highest BCUT2D eigenvalue weighted by Gasteiger charge is 2.21. The molecule has 0 saturated heterocycles. The molecule has 0 unspecified atom stereocenters. The first kappa shape index (κ1) is 19.0. The summed E-state index contributed by atoms with van der Waals surface area (Å²) < 4.78 is 3.82. The highest BCUT2D eigenvalue weighted by Crippen LogP contribution is 2.31. The number of nitrogens with zero attached hydrogens (tertiary/aromatic N) is 5. The van der Waals surface area contributed by atoms with Crippen molar-refractivity contribution in [1.29, 1.82) is 0 Å². The predicted octanol–water partition coefficient (Wildman–Crippen LogP) is 3.47. The van der Waals surface area contributed by atoms with Crippen molar-refractivity contribution in [3.63, 3.8) is 0 Å². The Kier molecular flexibility index (Phi) is 5.74. The number of likely N-dealkylation sites (N-methyl/N-ethyl adjacent to an activating group) is 1. The van der Waals surface area contributed by atoms with Crippen LogP contribution in [0.25, 0.3) is 10.2 Å². The molecule has 0 radical (unpaired) electrons. The summed E-state index contributed by atoms with van der Waals surface area (Å²) in [6.07, 6.45) is 0. The minimum Gasteiger partial charge on any atom is -0.308 e. The predicted molar refractivity (Wildman–Crippen MR) is 110 cm³/mol. The lowest BCUT2D eigenvalue weighted by atomic mass is 10.3. The molecular formula is C18H22BrN5OS. The molecule has 0 aliphatic heterocycles. The summed E-state index contributed by atoms with van der Waals surface area (Å²) in [6, 6.07) is 7.95. The largest absolute Gasteiger partial charge is 0.308 e. The van der Waals surface area contributed by atoms with Gasteiger partial charge in [-0.3, -0.25) is 14.4 Å². The van der Waals surface area contributed by atoms with Gasteiger partial charge >= 0.3 is 0 Å². The first-order valence-corrected chi connectivity index (χ1v) is 9.96. The van der Waals surface area contributed by atoms with Crippen LogP contribution in [0.3, 0.4) is 0 Å². The van der Waals surface area contributed by atoms with Gasteiger partial charge < -0.3 is 4.90 Å². The maximum Gasteiger partial charge on any atom is 0.250 e. The molecule has 1 amide bonds. The molecule has 138 valence electrons. The van der Waals surface area contributed by atoms with Crippen molar-refractivity contribution in [2.75, 3.05) is 32.1 Å². The van der Waals surface area contributed by atoms with Crippen molar-refractivity contribution in [3.05, 3.63) is 40.1 Å². The smallest absolute Gasteiger partial charge is 0.250 e. The zero-order chi connectivity index (χ0) is 18.8. The maximum absolute atomic E-state index is 13.0. The molecule has 8 heteroatoms. The molecule has 0 fully saturated rings. The Labute approximate surface area is 165 Å². The normalized spacial score (nSPS) is 11.5. The molecule has 2 heterocycles. The average Bonchev–Trinajstić information content (AvgIpc) is 3.09. The van der Waals surface area contributed by atoms with Gasteiger partial charge in [0.2, 0.25) is 0 Å². The second-order valence-corrected chi connectivity index (χ2v) is 8.47. The van der Waals surface area contributed by atoms with Crippen LogP contribution in [-0.4, -0.2) is 52.8 Å². The van der Waals surface area contributed by atoms with Crippen LogP contribution < -0.4 is 4.90 Å². The Bertz CT molecular complexity index is 933. The second kappa shape index (κ2) is 7.85. The van der Waals surface area contributed by atoms with Crippen LogP contribution in [0.4, 0.5) is 5.13 Å². The monoisotopic (exact) mass is 435 g/mol. The third kappa shape index (κ3) is 4.31. The summed E-state index contributed by atoms with van der Waals surface area (Å²) in [5.41, 5.74) is 2.80. The number of carbonyl (C=O) groups excluding carboxylic acids is 1. The number of rotatable bonds is 6. The molecule has 0 atom stereocenters. The molecule has 0 bridgehead atoms. The zero-order valence-corrected chi connectivity index (χ0v) is 17.8. The molecule has 3 rings (SSSR count). The minimum absolute atomic E-state index is 0.00354. The van der Waals surface area contributed by atoms with E-state index in [9.17, 15) is 4.79 Å². The lowest BCUT2D eigenvalue weighted by Crippen LogP contribution is -2.39. The van der Waals surface area contributed by atoms with E-state index in [0.717, 1.165) is 37.8 Å². The number of fused-ring (bicyclic) bond motifs is 1. The Morgan fingerprint density at radius 1 is 1.23 bits per heavy atom. The molecule has 6 nitrogen and oxygen atoms in total. The quantitative estimate of drug-likeness (QED) is 0.594. The van der Waals surface area contributed by atoms with Crippen LogP contribution in [0.5, 0.6) is 0 Å². The van der Waals surface area contributed by atoms with Crippen LogP contribution in [-0.2, 0) is 11.3 Å². The van der Waals surface area contributed by atoms with Gasteiger partial charge in [-0.05, 0) is 52.2 Å². The van der Waals surface area contributed by atoms with E-state index in [2.05, 4.69) is 30.9 Å². The van der Waals surface area contributed by atoms with Crippen LogP contribution in [0.15, 0.2) is 28.7 Å². The van der Waals surface area contributed by atoms with Crippen molar-refractivity contribution in [2.45, 2.75) is 20.4 Å². The number of amides is 1. The zero-order valence-electron chi connectivity index (χ0n) is 15.4. The van der Waals surface area contributed by atoms with E-state index in [4.69, 9.17) is 0 Å². The Morgan fingerprint density at radius 2 is 2.00 bits per heavy atom. The summed E-state index contributed by atoms with van der Waals surface area (Å²) in [5, 5.41) is 5.14. The number of carbonyl (C=O) groups is 1. The molecular weight excluding hydrogens is 414 g/mol. The van der Waals surface area contributed by atoms with Crippen molar-refractivity contribution < 1.29 is 4.79 Å². The molecule has 3 aromatic rings. The van der Waals surface area contributed by atoms with Gasteiger partial charge in [-0.15, -0.1) is 0 Å². The highest BCUT2D eigenvalue weighted by atomic mass is 79.9. The van der Waals surface area contributed by atoms with Crippen molar-refractivity contribution in [1.82, 2.24) is 19.7 Å². The van der Waals surface area contributed by atoms with Crippen molar-refractivity contribution in [3.8, 4) is 0 Å². The fraction of sp³-hybridized carbons (Fsp3) is 0.389. The first-order valence-electron chi connectivity index (χ1n) is 8.36. The summed E-state index contributed by atoms with van der Waals surface area (Å²) in [7, 11) is 4.00. The number of thiazole rings is 1. The Balaban J connectivity index is 1.89. The minimum atomic E-state index is -0.00354. The van der Waals surface area contributed by atoms with E-state index in [1.807, 2.05) is 52.2 Å². The molecule has 1 aromatic carbocycles. The fourth-order valence-corrected chi connectivity index (χ4v) is 4.24. The summed E-state index contributed by atoms with van der Waals surface area (Å²) in [4.78, 5) is 21.5. The topological polar surface area (TPSA) is 54.3 Å². The van der Waals surface area contributed by atoms with Crippen LogP contribution in [0.2, 0.25) is 0 Å². The Hall–Kier alpha value is -1.77. The van der Waals surface area contributed by atoms with E-state index >= 15 is 0 Å². The van der Waals surface area contributed by atoms with E-state index in [1.165, 1.54) is 11.3 Å². The molecule has 0 saturated carbocycles. The standard InChI is InChI=1S/C18H22BrN5OS/c1-12-9-13(2)24(21-12)11-17(25)23(8-7-22(3)4)18-20-15-6-5-14(19)10-16(15)26-18/h5-6,9-10H,7-8,11H2,1-4H3. The van der Waals surface area contributed by atoms with Crippen LogP contribution in [0.1, 0.15) is 11.4 Å². The van der Waals surface area contributed by atoms with Crippen molar-refractivity contribution >= 4 is 48.5 Å². The van der Waals surface area contributed by atoms with Gasteiger partial charge in [0.15, 0.2) is 5.13 Å². The number of aromatic nitrogens is 3. The van der Waals surface area contributed by atoms with Gasteiger partial charge in [-0.1, -0.05) is 27.3 Å². The number of halogens is 1.